The highest BCUT2D eigenvalue weighted by Crippen LogP contribution is 2.52. The fourth-order valence-corrected chi connectivity index (χ4v) is 9.64. The summed E-state index contributed by atoms with van der Waals surface area (Å²) in [5, 5.41) is 2.82. The van der Waals surface area contributed by atoms with Crippen LogP contribution in [0.4, 0.5) is 0 Å². The average molecular weight is 600 g/mol. The third-order valence-corrected chi connectivity index (χ3v) is 12.2. The lowest BCUT2D eigenvalue weighted by atomic mass is 9.61. The molecule has 3 heterocycles. The van der Waals surface area contributed by atoms with Crippen LogP contribution in [0.15, 0.2) is 78.9 Å². The molecule has 0 fully saturated rings. The van der Waals surface area contributed by atoms with E-state index in [-0.39, 0.29) is 11.0 Å². The van der Waals surface area contributed by atoms with Gasteiger partial charge < -0.3 is 0 Å². The Kier molecular flexibility index (Phi) is 7.05. The lowest BCUT2D eigenvalue weighted by molar-refractivity contribution is -0.743. The van der Waals surface area contributed by atoms with Crippen LogP contribution < -0.4 is 4.57 Å². The van der Waals surface area contributed by atoms with Crippen molar-refractivity contribution in [2.45, 2.75) is 92.0 Å². The Morgan fingerprint density at radius 3 is 2.18 bits per heavy atom. The Balaban J connectivity index is 1.72. The van der Waals surface area contributed by atoms with Gasteiger partial charge in [0.15, 0.2) is 11.0 Å². The minimum atomic E-state index is -0.0889. The molecule has 1 aliphatic rings. The third-order valence-electron chi connectivity index (χ3n) is 10.9. The van der Waals surface area contributed by atoms with Gasteiger partial charge in [-0.15, -0.1) is 11.3 Å². The highest BCUT2D eigenvalue weighted by atomic mass is 32.1. The van der Waals surface area contributed by atoms with Crippen LogP contribution in [0.2, 0.25) is 0 Å². The second-order valence-electron chi connectivity index (χ2n) is 14.4. The van der Waals surface area contributed by atoms with E-state index in [1.165, 1.54) is 65.0 Å². The zero-order chi connectivity index (χ0) is 31.0. The summed E-state index contributed by atoms with van der Waals surface area (Å²) in [5.41, 5.74) is 9.82. The van der Waals surface area contributed by atoms with Crippen LogP contribution in [0.5, 0.6) is 0 Å². The summed E-state index contributed by atoms with van der Waals surface area (Å²) >= 11 is 1.99. The van der Waals surface area contributed by atoms with E-state index in [9.17, 15) is 0 Å². The van der Waals surface area contributed by atoms with Crippen molar-refractivity contribution in [2.24, 2.45) is 11.8 Å². The maximum atomic E-state index is 2.75. The van der Waals surface area contributed by atoms with Gasteiger partial charge in [0, 0.05) is 36.7 Å². The number of fused-ring (bicyclic) bond motifs is 8. The topological polar surface area (TPSA) is 8.81 Å². The Labute approximate surface area is 267 Å². The number of imidazole rings is 1. The van der Waals surface area contributed by atoms with Crippen molar-refractivity contribution in [2.75, 3.05) is 0 Å². The molecule has 6 aromatic rings. The molecule has 2 aromatic heterocycles. The average Bonchev–Trinajstić information content (AvgIpc) is 3.56. The number of nitrogens with zero attached hydrogens (tertiary/aromatic N) is 2. The van der Waals surface area contributed by atoms with Crippen LogP contribution in [0.25, 0.3) is 48.3 Å². The fourth-order valence-electron chi connectivity index (χ4n) is 8.40. The van der Waals surface area contributed by atoms with Gasteiger partial charge in [-0.3, -0.25) is 0 Å². The van der Waals surface area contributed by atoms with Crippen molar-refractivity contribution >= 4 is 42.5 Å². The molecular weight excluding hydrogens is 553 g/mol. The van der Waals surface area contributed by atoms with Crippen molar-refractivity contribution in [3.63, 3.8) is 0 Å². The molecule has 4 aromatic carbocycles. The van der Waals surface area contributed by atoms with Crippen LogP contribution >= 0.6 is 11.3 Å². The smallest absolute Gasteiger partial charge is 0.216 e. The van der Waals surface area contributed by atoms with E-state index in [0.29, 0.717) is 11.8 Å². The molecule has 44 heavy (non-hydrogen) atoms. The minimum absolute atomic E-state index is 0.00191. The number of para-hydroxylation sites is 2. The lowest BCUT2D eigenvalue weighted by Gasteiger charge is -2.47. The summed E-state index contributed by atoms with van der Waals surface area (Å²) in [4.78, 5) is 0. The quantitative estimate of drug-likeness (QED) is 0.161. The Morgan fingerprint density at radius 2 is 1.45 bits per heavy atom. The zero-order valence-corrected chi connectivity index (χ0v) is 28.6. The summed E-state index contributed by atoms with van der Waals surface area (Å²) in [5.74, 6) is 2.43. The molecule has 0 saturated heterocycles. The van der Waals surface area contributed by atoms with E-state index >= 15 is 0 Å². The maximum Gasteiger partial charge on any atom is 0.295 e. The summed E-state index contributed by atoms with van der Waals surface area (Å²) in [6, 6.07) is 30.1. The van der Waals surface area contributed by atoms with Gasteiger partial charge in [-0.1, -0.05) is 97.0 Å². The van der Waals surface area contributed by atoms with Gasteiger partial charge in [-0.05, 0) is 80.3 Å². The summed E-state index contributed by atoms with van der Waals surface area (Å²) < 4.78 is 8.30. The van der Waals surface area contributed by atoms with Crippen molar-refractivity contribution in [1.82, 2.24) is 4.57 Å². The van der Waals surface area contributed by atoms with Crippen LogP contribution in [0.3, 0.4) is 0 Å². The van der Waals surface area contributed by atoms with Gasteiger partial charge in [0.25, 0.3) is 5.82 Å². The molecule has 0 N–H and O–H groups in total. The van der Waals surface area contributed by atoms with Crippen LogP contribution in [0.1, 0.15) is 84.9 Å². The van der Waals surface area contributed by atoms with Crippen LogP contribution in [0, 0.1) is 11.8 Å². The summed E-state index contributed by atoms with van der Waals surface area (Å²) in [6.45, 7) is 19.3. The molecule has 0 spiro atoms. The molecule has 7 rings (SSSR count). The van der Waals surface area contributed by atoms with Crippen molar-refractivity contribution in [3.05, 3.63) is 95.6 Å². The molecule has 0 bridgehead atoms. The van der Waals surface area contributed by atoms with E-state index < -0.39 is 0 Å². The standard InChI is InChI=1S/C41H47N2S/c1-9-40(7)33-19-13-11-18-30(33)39-42(34-20-14-15-21-35(34)43(39)41(40,8)10-2)37-28(23-26(3)4)25-31-29-17-12-16-22-36(29)44-38(31)32(37)24-27(5)6/h11-22,25-27H,9-10,23-24H2,1-8H3/q+1. The van der Waals surface area contributed by atoms with Gasteiger partial charge in [-0.2, -0.15) is 4.57 Å². The highest BCUT2D eigenvalue weighted by Gasteiger charge is 2.56. The number of aromatic nitrogens is 2. The first-order chi connectivity index (χ1) is 21.1. The second-order valence-corrected chi connectivity index (χ2v) is 15.4. The maximum absolute atomic E-state index is 2.75. The Morgan fingerprint density at radius 1 is 0.773 bits per heavy atom. The Bertz CT molecular complexity index is 2040. The van der Waals surface area contributed by atoms with Gasteiger partial charge in [0.05, 0.1) is 5.56 Å². The van der Waals surface area contributed by atoms with Gasteiger partial charge >= 0.3 is 0 Å². The first-order valence-electron chi connectivity index (χ1n) is 16.8. The fraction of sp³-hybridized carbons (Fsp3) is 0.390. The lowest BCUT2D eigenvalue weighted by Crippen LogP contribution is -2.67. The molecule has 3 heteroatoms. The molecule has 2 atom stereocenters. The summed E-state index contributed by atoms with van der Waals surface area (Å²) in [6.07, 6.45) is 4.25. The van der Waals surface area contributed by atoms with Gasteiger partial charge in [0.1, 0.15) is 11.2 Å². The molecule has 0 saturated carbocycles. The first-order valence-corrected chi connectivity index (χ1v) is 17.6. The molecule has 2 unspecified atom stereocenters. The van der Waals surface area contributed by atoms with Gasteiger partial charge in [-0.25, -0.2) is 4.57 Å². The van der Waals surface area contributed by atoms with Crippen molar-refractivity contribution in [1.29, 1.82) is 0 Å². The second kappa shape index (κ2) is 10.6. The molecule has 2 nitrogen and oxygen atoms in total. The van der Waals surface area contributed by atoms with Crippen LogP contribution in [-0.4, -0.2) is 4.57 Å². The van der Waals surface area contributed by atoms with Crippen molar-refractivity contribution < 1.29 is 4.57 Å². The number of thiophene rings is 1. The molecule has 0 amide bonds. The summed E-state index contributed by atoms with van der Waals surface area (Å²) in [7, 11) is 0. The van der Waals surface area contributed by atoms with E-state index in [1.54, 1.807) is 0 Å². The molecule has 0 aliphatic carbocycles. The highest BCUT2D eigenvalue weighted by molar-refractivity contribution is 7.26. The third kappa shape index (κ3) is 4.01. The van der Waals surface area contributed by atoms with E-state index in [4.69, 9.17) is 0 Å². The molecule has 0 radical (unpaired) electrons. The normalized spacial score (nSPS) is 19.9. The monoisotopic (exact) mass is 599 g/mol. The van der Waals surface area contributed by atoms with Crippen LogP contribution in [-0.2, 0) is 23.8 Å². The van der Waals surface area contributed by atoms with Gasteiger partial charge in [0.2, 0.25) is 0 Å². The molecule has 226 valence electrons. The molecular formula is C41H47N2S+. The zero-order valence-electron chi connectivity index (χ0n) is 27.8. The number of benzene rings is 4. The van der Waals surface area contributed by atoms with E-state index in [2.05, 4.69) is 143 Å². The number of hydrogen-bond acceptors (Lipinski definition) is 1. The molecule has 1 aliphatic heterocycles. The predicted octanol–water partition coefficient (Wildman–Crippen LogP) is 11.2. The largest absolute Gasteiger partial charge is 0.295 e. The SMILES string of the molecule is CCC1(C)c2ccccc2-c2n(-c3c(CC(C)C)cc4c(sc5ccccc54)c3CC(C)C)c3ccccc3[n+]2C1(C)CC. The van der Waals surface area contributed by atoms with E-state index in [0.717, 1.165) is 25.7 Å². The number of hydrogen-bond donors (Lipinski definition) is 0. The first kappa shape index (κ1) is 29.3. The Hall–Kier alpha value is -3.43. The van der Waals surface area contributed by atoms with E-state index in [1.807, 2.05) is 11.3 Å². The van der Waals surface area contributed by atoms with Crippen molar-refractivity contribution in [3.8, 4) is 17.1 Å². The predicted molar refractivity (Wildman–Crippen MR) is 190 cm³/mol. The minimum Gasteiger partial charge on any atom is -0.216 e. The number of rotatable bonds is 7.